The van der Waals surface area contributed by atoms with E-state index in [-0.39, 0.29) is 11.7 Å². The monoisotopic (exact) mass is 353 g/mol. The van der Waals surface area contributed by atoms with E-state index in [2.05, 4.69) is 0 Å². The van der Waals surface area contributed by atoms with Crippen molar-refractivity contribution in [2.24, 2.45) is 0 Å². The first-order valence-corrected chi connectivity index (χ1v) is 8.49. The molecule has 0 radical (unpaired) electrons. The number of phenols is 1. The Balaban J connectivity index is 2.15. The maximum absolute atomic E-state index is 12.4. The third kappa shape index (κ3) is 4.46. The van der Waals surface area contributed by atoms with Crippen LogP contribution >= 0.6 is 24.0 Å². The van der Waals surface area contributed by atoms with Crippen molar-refractivity contribution >= 4 is 40.3 Å². The van der Waals surface area contributed by atoms with Crippen molar-refractivity contribution in [1.29, 1.82) is 0 Å². The Morgan fingerprint density at radius 1 is 1.43 bits per heavy atom. The van der Waals surface area contributed by atoms with Gasteiger partial charge in [-0.1, -0.05) is 30.0 Å². The fourth-order valence-corrected chi connectivity index (χ4v) is 3.41. The van der Waals surface area contributed by atoms with Crippen LogP contribution in [0, 0.1) is 0 Å². The largest absolute Gasteiger partial charge is 0.504 e. The van der Waals surface area contributed by atoms with Crippen LogP contribution in [0.1, 0.15) is 18.9 Å². The van der Waals surface area contributed by atoms with Gasteiger partial charge in [-0.15, -0.1) is 0 Å². The smallest absolute Gasteiger partial charge is 0.266 e. The van der Waals surface area contributed by atoms with E-state index in [1.165, 1.54) is 11.8 Å². The maximum atomic E-state index is 12.4. The van der Waals surface area contributed by atoms with Gasteiger partial charge in [-0.2, -0.15) is 0 Å². The van der Waals surface area contributed by atoms with Gasteiger partial charge in [0.15, 0.2) is 11.5 Å². The molecule has 1 fully saturated rings. The second-order valence-electron chi connectivity index (χ2n) is 4.84. The van der Waals surface area contributed by atoms with Gasteiger partial charge >= 0.3 is 0 Å². The predicted octanol–water partition coefficient (Wildman–Crippen LogP) is 3.03. The number of methoxy groups -OCH3 is 1. The van der Waals surface area contributed by atoms with Gasteiger partial charge in [0.05, 0.1) is 11.5 Å². The summed E-state index contributed by atoms with van der Waals surface area (Å²) in [4.78, 5) is 14.6. The Morgan fingerprint density at radius 2 is 2.22 bits per heavy atom. The molecular weight excluding hydrogens is 334 g/mol. The average Bonchev–Trinajstić information content (AvgIpc) is 2.78. The minimum Gasteiger partial charge on any atom is -0.504 e. The normalized spacial score (nSPS) is 16.4. The molecule has 1 amide bonds. The van der Waals surface area contributed by atoms with Crippen LogP contribution in [0.5, 0.6) is 11.5 Å². The highest BCUT2D eigenvalue weighted by Gasteiger charge is 2.31. The van der Waals surface area contributed by atoms with Gasteiger partial charge in [-0.25, -0.2) is 0 Å². The Kier molecular flexibility index (Phi) is 6.44. The molecule has 2 rings (SSSR count). The van der Waals surface area contributed by atoms with Crippen LogP contribution in [0.25, 0.3) is 6.08 Å². The van der Waals surface area contributed by atoms with Crippen molar-refractivity contribution in [2.75, 3.05) is 26.9 Å². The van der Waals surface area contributed by atoms with E-state index in [9.17, 15) is 9.90 Å². The maximum Gasteiger partial charge on any atom is 0.266 e. The SMILES string of the molecule is CCOc1cc(C=C2SC(=S)N(CCCOC)C2=O)ccc1O. The van der Waals surface area contributed by atoms with E-state index in [1.54, 1.807) is 36.3 Å². The minimum absolute atomic E-state index is 0.0797. The number of ether oxygens (including phenoxy) is 2. The number of amides is 1. The molecule has 7 heteroatoms. The number of aromatic hydroxyl groups is 1. The highest BCUT2D eigenvalue weighted by molar-refractivity contribution is 8.26. The first kappa shape index (κ1) is 17.8. The van der Waals surface area contributed by atoms with Gasteiger partial charge in [0.25, 0.3) is 5.91 Å². The summed E-state index contributed by atoms with van der Waals surface area (Å²) in [7, 11) is 1.63. The number of thioether (sulfide) groups is 1. The summed E-state index contributed by atoms with van der Waals surface area (Å²) in [5, 5.41) is 9.72. The Labute approximate surface area is 145 Å². The van der Waals surface area contributed by atoms with E-state index in [0.717, 1.165) is 12.0 Å². The third-order valence-corrected chi connectivity index (χ3v) is 4.56. The van der Waals surface area contributed by atoms with Crippen molar-refractivity contribution < 1.29 is 19.4 Å². The molecule has 0 atom stereocenters. The molecule has 5 nitrogen and oxygen atoms in total. The van der Waals surface area contributed by atoms with Crippen LogP contribution in [0.4, 0.5) is 0 Å². The average molecular weight is 353 g/mol. The van der Waals surface area contributed by atoms with Gasteiger partial charge < -0.3 is 14.6 Å². The third-order valence-electron chi connectivity index (χ3n) is 3.19. The molecule has 0 aromatic heterocycles. The van der Waals surface area contributed by atoms with E-state index in [4.69, 9.17) is 21.7 Å². The lowest BCUT2D eigenvalue weighted by Crippen LogP contribution is -2.29. The van der Waals surface area contributed by atoms with Crippen LogP contribution in [0.15, 0.2) is 23.1 Å². The van der Waals surface area contributed by atoms with Crippen molar-refractivity contribution in [3.05, 3.63) is 28.7 Å². The number of rotatable bonds is 7. The molecule has 0 spiro atoms. The standard InChI is InChI=1S/C16H19NO4S2/c1-3-21-13-9-11(5-6-12(13)18)10-14-15(19)17(16(22)23-14)7-4-8-20-2/h5-6,9-10,18H,3-4,7-8H2,1-2H3. The fourth-order valence-electron chi connectivity index (χ4n) is 2.10. The highest BCUT2D eigenvalue weighted by Crippen LogP contribution is 2.34. The molecule has 0 saturated carbocycles. The number of phenolic OH excluding ortho intramolecular Hbond substituents is 1. The van der Waals surface area contributed by atoms with Crippen LogP contribution in [0.2, 0.25) is 0 Å². The Morgan fingerprint density at radius 3 is 2.91 bits per heavy atom. The number of carbonyl (C=O) groups is 1. The lowest BCUT2D eigenvalue weighted by atomic mass is 10.2. The van der Waals surface area contributed by atoms with Gasteiger partial charge in [0.1, 0.15) is 4.32 Å². The molecule has 1 aliphatic rings. The lowest BCUT2D eigenvalue weighted by Gasteiger charge is -2.13. The summed E-state index contributed by atoms with van der Waals surface area (Å²) in [6, 6.07) is 4.99. The molecule has 1 aromatic carbocycles. The second-order valence-corrected chi connectivity index (χ2v) is 6.52. The predicted molar refractivity (Wildman–Crippen MR) is 95.6 cm³/mol. The minimum atomic E-state index is -0.0952. The molecule has 124 valence electrons. The number of nitrogens with zero attached hydrogens (tertiary/aromatic N) is 1. The van der Waals surface area contributed by atoms with E-state index >= 15 is 0 Å². The quantitative estimate of drug-likeness (QED) is 0.462. The molecule has 0 aliphatic carbocycles. The van der Waals surface area contributed by atoms with Crippen LogP contribution < -0.4 is 4.74 Å². The molecule has 23 heavy (non-hydrogen) atoms. The first-order valence-electron chi connectivity index (χ1n) is 7.27. The zero-order chi connectivity index (χ0) is 16.8. The number of thiocarbonyl (C=S) groups is 1. The number of benzene rings is 1. The van der Waals surface area contributed by atoms with Gasteiger partial charge in [-0.05, 0) is 37.1 Å². The molecule has 1 N–H and O–H groups in total. The van der Waals surface area contributed by atoms with Gasteiger partial charge in [0.2, 0.25) is 0 Å². The number of carbonyl (C=O) groups excluding carboxylic acids is 1. The molecular formula is C16H19NO4S2. The van der Waals surface area contributed by atoms with Crippen molar-refractivity contribution in [3.8, 4) is 11.5 Å². The summed E-state index contributed by atoms with van der Waals surface area (Å²) in [5.74, 6) is 0.384. The summed E-state index contributed by atoms with van der Waals surface area (Å²) in [6.07, 6.45) is 2.50. The zero-order valence-corrected chi connectivity index (χ0v) is 14.7. The first-order chi connectivity index (χ1) is 11.1. The molecule has 0 bridgehead atoms. The Hall–Kier alpha value is -1.57. The van der Waals surface area contributed by atoms with Crippen LogP contribution in [-0.2, 0) is 9.53 Å². The number of hydrogen-bond donors (Lipinski definition) is 1. The molecule has 1 saturated heterocycles. The molecule has 1 aliphatic heterocycles. The topological polar surface area (TPSA) is 59.0 Å². The number of hydrogen-bond acceptors (Lipinski definition) is 6. The van der Waals surface area contributed by atoms with Gasteiger partial charge in [0, 0.05) is 20.3 Å². The van der Waals surface area contributed by atoms with Crippen LogP contribution in [0.3, 0.4) is 0 Å². The summed E-state index contributed by atoms with van der Waals surface area (Å²) >= 11 is 6.55. The Bertz CT molecular complexity index is 631. The van der Waals surface area contributed by atoms with Crippen molar-refractivity contribution in [1.82, 2.24) is 4.90 Å². The highest BCUT2D eigenvalue weighted by atomic mass is 32.2. The molecule has 1 heterocycles. The molecule has 0 unspecified atom stereocenters. The second kappa shape index (κ2) is 8.33. The van der Waals surface area contributed by atoms with Crippen LogP contribution in [-0.4, -0.2) is 47.1 Å². The van der Waals surface area contributed by atoms with Crippen molar-refractivity contribution in [3.63, 3.8) is 0 Å². The molecule has 1 aromatic rings. The fraction of sp³-hybridized carbons (Fsp3) is 0.375. The summed E-state index contributed by atoms with van der Waals surface area (Å²) in [5.41, 5.74) is 0.781. The van der Waals surface area contributed by atoms with Gasteiger partial charge in [-0.3, -0.25) is 9.69 Å². The summed E-state index contributed by atoms with van der Waals surface area (Å²) < 4.78 is 10.9. The summed E-state index contributed by atoms with van der Waals surface area (Å²) in [6.45, 7) is 3.44. The van der Waals surface area contributed by atoms with E-state index in [0.29, 0.717) is 34.7 Å². The van der Waals surface area contributed by atoms with E-state index in [1.807, 2.05) is 6.92 Å². The zero-order valence-electron chi connectivity index (χ0n) is 13.1. The lowest BCUT2D eigenvalue weighted by molar-refractivity contribution is -0.122. The van der Waals surface area contributed by atoms with E-state index < -0.39 is 0 Å². The van der Waals surface area contributed by atoms with Crippen molar-refractivity contribution in [2.45, 2.75) is 13.3 Å².